The van der Waals surface area contributed by atoms with E-state index in [0.29, 0.717) is 13.2 Å². The number of nitrogens with one attached hydrogen (secondary N) is 1. The first-order valence-electron chi connectivity index (χ1n) is 7.02. The van der Waals surface area contributed by atoms with Crippen molar-refractivity contribution in [1.82, 2.24) is 15.3 Å². The monoisotopic (exact) mass is 287 g/mol. The van der Waals surface area contributed by atoms with Gasteiger partial charge in [-0.3, -0.25) is 0 Å². The van der Waals surface area contributed by atoms with Gasteiger partial charge in [0.05, 0.1) is 19.4 Å². The van der Waals surface area contributed by atoms with Crippen molar-refractivity contribution < 1.29 is 9.47 Å². The Kier molecular flexibility index (Phi) is 5.51. The fourth-order valence-corrected chi connectivity index (χ4v) is 2.04. The van der Waals surface area contributed by atoms with Crippen molar-refractivity contribution in [3.63, 3.8) is 0 Å². The number of benzene rings is 1. The van der Waals surface area contributed by atoms with E-state index < -0.39 is 0 Å². The molecule has 5 heteroatoms. The molecule has 0 unspecified atom stereocenters. The van der Waals surface area contributed by atoms with E-state index in [9.17, 15) is 0 Å². The molecule has 1 aromatic heterocycles. The van der Waals surface area contributed by atoms with Crippen LogP contribution < -0.4 is 14.8 Å². The molecular formula is C16H21N3O2. The molecular weight excluding hydrogens is 266 g/mol. The average Bonchev–Trinajstić information content (AvgIpc) is 2.49. The predicted octanol–water partition coefficient (Wildman–Crippen LogP) is 2.48. The molecule has 0 fully saturated rings. The highest BCUT2D eigenvalue weighted by atomic mass is 16.5. The van der Waals surface area contributed by atoms with Crippen LogP contribution in [0.2, 0.25) is 0 Å². The minimum Gasteiger partial charge on any atom is -0.493 e. The Hall–Kier alpha value is -2.14. The highest BCUT2D eigenvalue weighted by Gasteiger charge is 2.05. The Morgan fingerprint density at radius 1 is 1.14 bits per heavy atom. The van der Waals surface area contributed by atoms with E-state index in [-0.39, 0.29) is 0 Å². The van der Waals surface area contributed by atoms with E-state index >= 15 is 0 Å². The SMILES string of the molecule is CCOc1ccc(CNCc2ccnc(C)n2)cc1OC. The van der Waals surface area contributed by atoms with Gasteiger partial charge in [0.1, 0.15) is 5.82 Å². The molecule has 112 valence electrons. The molecule has 0 bridgehead atoms. The summed E-state index contributed by atoms with van der Waals surface area (Å²) >= 11 is 0. The number of aromatic nitrogens is 2. The second kappa shape index (κ2) is 7.59. The van der Waals surface area contributed by atoms with Crippen LogP contribution in [0.3, 0.4) is 0 Å². The summed E-state index contributed by atoms with van der Waals surface area (Å²) in [5.41, 5.74) is 2.13. The van der Waals surface area contributed by atoms with E-state index in [2.05, 4.69) is 15.3 Å². The maximum absolute atomic E-state index is 5.51. The lowest BCUT2D eigenvalue weighted by atomic mass is 10.2. The Labute approximate surface area is 125 Å². The van der Waals surface area contributed by atoms with E-state index in [4.69, 9.17) is 9.47 Å². The van der Waals surface area contributed by atoms with Crippen LogP contribution in [0.4, 0.5) is 0 Å². The van der Waals surface area contributed by atoms with Gasteiger partial charge < -0.3 is 14.8 Å². The van der Waals surface area contributed by atoms with Gasteiger partial charge in [0.2, 0.25) is 0 Å². The fraction of sp³-hybridized carbons (Fsp3) is 0.375. The number of methoxy groups -OCH3 is 1. The lowest BCUT2D eigenvalue weighted by molar-refractivity contribution is 0.310. The van der Waals surface area contributed by atoms with Gasteiger partial charge in [-0.15, -0.1) is 0 Å². The van der Waals surface area contributed by atoms with Gasteiger partial charge in [0, 0.05) is 19.3 Å². The summed E-state index contributed by atoms with van der Waals surface area (Å²) in [6.45, 7) is 5.92. The molecule has 0 saturated heterocycles. The molecule has 21 heavy (non-hydrogen) atoms. The zero-order valence-electron chi connectivity index (χ0n) is 12.7. The molecule has 1 aromatic carbocycles. The molecule has 2 rings (SSSR count). The quantitative estimate of drug-likeness (QED) is 0.848. The van der Waals surface area contributed by atoms with Crippen molar-refractivity contribution in [2.24, 2.45) is 0 Å². The Morgan fingerprint density at radius 3 is 2.71 bits per heavy atom. The molecule has 5 nitrogen and oxygen atoms in total. The molecule has 1 heterocycles. The van der Waals surface area contributed by atoms with Gasteiger partial charge in [-0.25, -0.2) is 9.97 Å². The van der Waals surface area contributed by atoms with Crippen LogP contribution in [-0.4, -0.2) is 23.7 Å². The van der Waals surface area contributed by atoms with Crippen LogP contribution in [0.5, 0.6) is 11.5 Å². The van der Waals surface area contributed by atoms with Crippen molar-refractivity contribution in [2.45, 2.75) is 26.9 Å². The van der Waals surface area contributed by atoms with E-state index in [0.717, 1.165) is 35.1 Å². The molecule has 0 spiro atoms. The first-order valence-corrected chi connectivity index (χ1v) is 7.02. The molecule has 1 N–H and O–H groups in total. The summed E-state index contributed by atoms with van der Waals surface area (Å²) < 4.78 is 10.9. The third-order valence-corrected chi connectivity index (χ3v) is 3.00. The molecule has 0 aliphatic heterocycles. The van der Waals surface area contributed by atoms with Crippen molar-refractivity contribution in [2.75, 3.05) is 13.7 Å². The molecule has 0 aliphatic rings. The third-order valence-electron chi connectivity index (χ3n) is 3.00. The topological polar surface area (TPSA) is 56.3 Å². The summed E-state index contributed by atoms with van der Waals surface area (Å²) in [7, 11) is 1.65. The van der Waals surface area contributed by atoms with Crippen LogP contribution in [0.15, 0.2) is 30.5 Å². The standard InChI is InChI=1S/C16H21N3O2/c1-4-21-15-6-5-13(9-16(15)20-3)10-17-11-14-7-8-18-12(2)19-14/h5-9,17H,4,10-11H2,1-3H3. The highest BCUT2D eigenvalue weighted by molar-refractivity contribution is 5.42. The van der Waals surface area contributed by atoms with E-state index in [1.54, 1.807) is 13.3 Å². The Morgan fingerprint density at radius 2 is 2.00 bits per heavy atom. The predicted molar refractivity (Wildman–Crippen MR) is 81.5 cm³/mol. The number of nitrogens with zero attached hydrogens (tertiary/aromatic N) is 2. The molecule has 0 atom stereocenters. The minimum atomic E-state index is 0.626. The van der Waals surface area contributed by atoms with Gasteiger partial charge >= 0.3 is 0 Å². The van der Waals surface area contributed by atoms with Gasteiger partial charge in [-0.05, 0) is 37.6 Å². The largest absolute Gasteiger partial charge is 0.493 e. The van der Waals surface area contributed by atoms with Gasteiger partial charge in [0.25, 0.3) is 0 Å². The first-order chi connectivity index (χ1) is 10.2. The summed E-state index contributed by atoms with van der Waals surface area (Å²) in [5.74, 6) is 2.32. The number of hydrogen-bond donors (Lipinski definition) is 1. The van der Waals surface area contributed by atoms with Gasteiger partial charge in [-0.2, -0.15) is 0 Å². The molecule has 0 saturated carbocycles. The van der Waals surface area contributed by atoms with Gasteiger partial charge in [0.15, 0.2) is 11.5 Å². The summed E-state index contributed by atoms with van der Waals surface area (Å²) in [5, 5.41) is 3.36. The maximum atomic E-state index is 5.51. The van der Waals surface area contributed by atoms with Crippen LogP contribution in [0.1, 0.15) is 24.0 Å². The van der Waals surface area contributed by atoms with Gasteiger partial charge in [-0.1, -0.05) is 6.07 Å². The average molecular weight is 287 g/mol. The smallest absolute Gasteiger partial charge is 0.161 e. The molecule has 0 aliphatic carbocycles. The Bertz CT molecular complexity index is 587. The highest BCUT2D eigenvalue weighted by Crippen LogP contribution is 2.27. The first kappa shape index (κ1) is 15.3. The zero-order chi connectivity index (χ0) is 15.1. The Balaban J connectivity index is 1.94. The normalized spacial score (nSPS) is 10.4. The number of rotatable bonds is 7. The molecule has 0 amide bonds. The maximum Gasteiger partial charge on any atom is 0.161 e. The van der Waals surface area contributed by atoms with Crippen molar-refractivity contribution >= 4 is 0 Å². The number of ether oxygens (including phenoxy) is 2. The van der Waals surface area contributed by atoms with E-state index in [1.807, 2.05) is 38.1 Å². The zero-order valence-corrected chi connectivity index (χ0v) is 12.7. The third kappa shape index (κ3) is 4.43. The second-order valence-corrected chi connectivity index (χ2v) is 4.62. The summed E-state index contributed by atoms with van der Waals surface area (Å²) in [4.78, 5) is 8.44. The number of hydrogen-bond acceptors (Lipinski definition) is 5. The van der Waals surface area contributed by atoms with Crippen LogP contribution >= 0.6 is 0 Å². The second-order valence-electron chi connectivity index (χ2n) is 4.62. The molecule has 0 radical (unpaired) electrons. The summed E-state index contributed by atoms with van der Waals surface area (Å²) in [6, 6.07) is 7.88. The van der Waals surface area contributed by atoms with Crippen molar-refractivity contribution in [3.8, 4) is 11.5 Å². The van der Waals surface area contributed by atoms with E-state index in [1.165, 1.54) is 0 Å². The summed E-state index contributed by atoms with van der Waals surface area (Å²) in [6.07, 6.45) is 1.78. The minimum absolute atomic E-state index is 0.626. The number of aryl methyl sites for hydroxylation is 1. The lowest BCUT2D eigenvalue weighted by Crippen LogP contribution is -2.14. The van der Waals surface area contributed by atoms with Crippen LogP contribution in [0.25, 0.3) is 0 Å². The van der Waals surface area contributed by atoms with Crippen LogP contribution in [-0.2, 0) is 13.1 Å². The molecule has 2 aromatic rings. The fourth-order valence-electron chi connectivity index (χ4n) is 2.04. The van der Waals surface area contributed by atoms with Crippen LogP contribution in [0, 0.1) is 6.92 Å². The van der Waals surface area contributed by atoms with Crippen molar-refractivity contribution in [1.29, 1.82) is 0 Å². The lowest BCUT2D eigenvalue weighted by Gasteiger charge is -2.11. The van der Waals surface area contributed by atoms with Crippen molar-refractivity contribution in [3.05, 3.63) is 47.5 Å².